The molecule has 86 valence electrons. The number of nitrogens with one attached hydrogen (secondary N) is 1. The molecule has 1 amide bonds. The lowest BCUT2D eigenvalue weighted by Gasteiger charge is -2.21. The Bertz CT molecular complexity index is 440. The van der Waals surface area contributed by atoms with Crippen LogP contribution in [0.1, 0.15) is 18.1 Å². The number of aryl methyl sites for hydroxylation is 1. The Morgan fingerprint density at radius 2 is 2.06 bits per heavy atom. The second kappa shape index (κ2) is 3.81. The van der Waals surface area contributed by atoms with E-state index in [1.54, 1.807) is 4.90 Å². The number of hydrogen-bond donors (Lipinski definition) is 1. The number of rotatable bonds is 0. The minimum absolute atomic E-state index is 0.0251. The smallest absolute Gasteiger partial charge is 0.231 e. The summed E-state index contributed by atoms with van der Waals surface area (Å²) >= 11 is 0. The van der Waals surface area contributed by atoms with Crippen molar-refractivity contribution in [2.75, 3.05) is 23.8 Å². The lowest BCUT2D eigenvalue weighted by Crippen LogP contribution is -2.32. The van der Waals surface area contributed by atoms with Crippen LogP contribution >= 0.6 is 0 Å². The summed E-state index contributed by atoms with van der Waals surface area (Å²) in [5.41, 5.74) is 4.47. The summed E-state index contributed by atoms with van der Waals surface area (Å²) in [4.78, 5) is 13.8. The van der Waals surface area contributed by atoms with Crippen LogP contribution in [0, 0.1) is 19.8 Å². The highest BCUT2D eigenvalue weighted by atomic mass is 16.2. The van der Waals surface area contributed by atoms with E-state index in [2.05, 4.69) is 31.3 Å². The monoisotopic (exact) mass is 218 g/mol. The molecule has 1 aliphatic rings. The van der Waals surface area contributed by atoms with Gasteiger partial charge in [0.25, 0.3) is 0 Å². The number of amides is 1. The number of anilines is 2. The number of carbonyl (C=O) groups is 1. The second-order valence-electron chi connectivity index (χ2n) is 4.58. The van der Waals surface area contributed by atoms with Crippen molar-refractivity contribution in [3.63, 3.8) is 0 Å². The molecule has 0 saturated carbocycles. The van der Waals surface area contributed by atoms with Gasteiger partial charge >= 0.3 is 0 Å². The zero-order valence-corrected chi connectivity index (χ0v) is 10.3. The van der Waals surface area contributed by atoms with Gasteiger partial charge in [0.15, 0.2) is 0 Å². The lowest BCUT2D eigenvalue weighted by atomic mass is 10.1. The van der Waals surface area contributed by atoms with Gasteiger partial charge in [-0.1, -0.05) is 13.0 Å². The van der Waals surface area contributed by atoms with Crippen LogP contribution in [0.5, 0.6) is 0 Å². The molecular formula is C13H18N2O. The van der Waals surface area contributed by atoms with Gasteiger partial charge in [-0.2, -0.15) is 0 Å². The fourth-order valence-corrected chi connectivity index (χ4v) is 2.17. The van der Waals surface area contributed by atoms with Crippen LogP contribution in [0.3, 0.4) is 0 Å². The van der Waals surface area contributed by atoms with Crippen molar-refractivity contribution in [2.45, 2.75) is 20.8 Å². The summed E-state index contributed by atoms with van der Waals surface area (Å²) in [6.45, 7) is 6.80. The quantitative estimate of drug-likeness (QED) is 0.725. The molecule has 0 spiro atoms. The Balaban J connectivity index is 2.58. The topological polar surface area (TPSA) is 32.3 Å². The van der Waals surface area contributed by atoms with Gasteiger partial charge in [-0.15, -0.1) is 0 Å². The van der Waals surface area contributed by atoms with Crippen LogP contribution in [-0.2, 0) is 4.79 Å². The molecule has 0 bridgehead atoms. The highest BCUT2D eigenvalue weighted by Gasteiger charge is 2.26. The van der Waals surface area contributed by atoms with Crippen LogP contribution in [-0.4, -0.2) is 19.5 Å². The van der Waals surface area contributed by atoms with Crippen molar-refractivity contribution in [1.82, 2.24) is 0 Å². The van der Waals surface area contributed by atoms with Crippen LogP contribution in [0.2, 0.25) is 0 Å². The average molecular weight is 218 g/mol. The molecule has 0 fully saturated rings. The Labute approximate surface area is 96.5 Å². The molecule has 0 aromatic heterocycles. The van der Waals surface area contributed by atoms with E-state index in [0.717, 1.165) is 11.4 Å². The van der Waals surface area contributed by atoms with E-state index in [1.807, 2.05) is 14.0 Å². The highest BCUT2D eigenvalue weighted by molar-refractivity contribution is 6.00. The Morgan fingerprint density at radius 1 is 1.38 bits per heavy atom. The predicted octanol–water partition coefficient (Wildman–Crippen LogP) is 2.33. The number of nitrogens with zero attached hydrogens (tertiary/aromatic N) is 1. The summed E-state index contributed by atoms with van der Waals surface area (Å²) in [7, 11) is 1.86. The van der Waals surface area contributed by atoms with E-state index in [0.29, 0.717) is 6.54 Å². The first kappa shape index (κ1) is 11.0. The van der Waals surface area contributed by atoms with E-state index >= 15 is 0 Å². The van der Waals surface area contributed by atoms with Crippen molar-refractivity contribution in [3.05, 3.63) is 23.3 Å². The van der Waals surface area contributed by atoms with Gasteiger partial charge in [0.2, 0.25) is 5.91 Å². The molecule has 0 saturated heterocycles. The molecule has 1 heterocycles. The van der Waals surface area contributed by atoms with Gasteiger partial charge in [0, 0.05) is 13.6 Å². The van der Waals surface area contributed by atoms with Gasteiger partial charge < -0.3 is 10.2 Å². The van der Waals surface area contributed by atoms with Crippen LogP contribution in [0.4, 0.5) is 11.4 Å². The van der Waals surface area contributed by atoms with E-state index in [4.69, 9.17) is 0 Å². The molecule has 3 nitrogen and oxygen atoms in total. The van der Waals surface area contributed by atoms with E-state index in [1.165, 1.54) is 11.1 Å². The molecule has 1 unspecified atom stereocenters. The number of hydrogen-bond acceptors (Lipinski definition) is 2. The molecule has 2 rings (SSSR count). The molecule has 3 heteroatoms. The van der Waals surface area contributed by atoms with E-state index in [9.17, 15) is 4.79 Å². The lowest BCUT2D eigenvalue weighted by molar-refractivity contribution is -0.121. The maximum absolute atomic E-state index is 12.1. The summed E-state index contributed by atoms with van der Waals surface area (Å²) in [6, 6.07) is 4.15. The van der Waals surface area contributed by atoms with Crippen molar-refractivity contribution >= 4 is 17.3 Å². The zero-order valence-electron chi connectivity index (χ0n) is 10.3. The minimum atomic E-state index is 0.0251. The largest absolute Gasteiger partial charge is 0.383 e. The first-order chi connectivity index (χ1) is 7.52. The summed E-state index contributed by atoms with van der Waals surface area (Å²) < 4.78 is 0. The Morgan fingerprint density at radius 3 is 2.75 bits per heavy atom. The third-order valence-corrected chi connectivity index (χ3v) is 3.39. The van der Waals surface area contributed by atoms with Crippen molar-refractivity contribution < 1.29 is 4.79 Å². The van der Waals surface area contributed by atoms with Gasteiger partial charge in [-0.3, -0.25) is 4.79 Å². The van der Waals surface area contributed by atoms with Crippen molar-refractivity contribution in [2.24, 2.45) is 5.92 Å². The summed E-state index contributed by atoms with van der Waals surface area (Å²) in [5.74, 6) is 0.206. The third-order valence-electron chi connectivity index (χ3n) is 3.39. The number of fused-ring (bicyclic) bond motifs is 1. The molecule has 1 aliphatic heterocycles. The molecule has 1 aromatic carbocycles. The van der Waals surface area contributed by atoms with Crippen molar-refractivity contribution in [3.8, 4) is 0 Å². The first-order valence-electron chi connectivity index (χ1n) is 5.64. The number of benzene rings is 1. The maximum Gasteiger partial charge on any atom is 0.231 e. The molecular weight excluding hydrogens is 200 g/mol. The van der Waals surface area contributed by atoms with Crippen molar-refractivity contribution in [1.29, 1.82) is 0 Å². The van der Waals surface area contributed by atoms with Gasteiger partial charge in [0.05, 0.1) is 17.3 Å². The fourth-order valence-electron chi connectivity index (χ4n) is 2.17. The van der Waals surface area contributed by atoms with Crippen LogP contribution < -0.4 is 10.2 Å². The maximum atomic E-state index is 12.1. The normalized spacial score (nSPS) is 20.1. The zero-order chi connectivity index (χ0) is 11.9. The van der Waals surface area contributed by atoms with Gasteiger partial charge in [-0.05, 0) is 31.0 Å². The average Bonchev–Trinajstić information content (AvgIpc) is 2.37. The third kappa shape index (κ3) is 1.56. The molecule has 1 atom stereocenters. The summed E-state index contributed by atoms with van der Waals surface area (Å²) in [6.07, 6.45) is 0. The standard InChI is InChI=1S/C13H18N2O/c1-8-5-6-11-12(10(8)3)15(4)13(16)9(2)7-14-11/h5-6,9,14H,7H2,1-4H3. The van der Waals surface area contributed by atoms with Crippen LogP contribution in [0.25, 0.3) is 0 Å². The Kier molecular flexibility index (Phi) is 2.62. The molecule has 1 N–H and O–H groups in total. The molecule has 0 aliphatic carbocycles. The predicted molar refractivity (Wildman–Crippen MR) is 67.0 cm³/mol. The van der Waals surface area contributed by atoms with Crippen LogP contribution in [0.15, 0.2) is 12.1 Å². The highest BCUT2D eigenvalue weighted by Crippen LogP contribution is 2.34. The first-order valence-corrected chi connectivity index (χ1v) is 5.64. The van der Waals surface area contributed by atoms with E-state index in [-0.39, 0.29) is 11.8 Å². The fraction of sp³-hybridized carbons (Fsp3) is 0.462. The van der Waals surface area contributed by atoms with Gasteiger partial charge in [0.1, 0.15) is 0 Å². The summed E-state index contributed by atoms with van der Waals surface area (Å²) in [5, 5.41) is 3.34. The Hall–Kier alpha value is -1.51. The number of carbonyl (C=O) groups excluding carboxylic acids is 1. The molecule has 16 heavy (non-hydrogen) atoms. The molecule has 1 aromatic rings. The second-order valence-corrected chi connectivity index (χ2v) is 4.58. The van der Waals surface area contributed by atoms with Gasteiger partial charge in [-0.25, -0.2) is 0 Å². The van der Waals surface area contributed by atoms with E-state index < -0.39 is 0 Å². The molecule has 0 radical (unpaired) electrons. The SMILES string of the molecule is Cc1ccc2c(c1C)N(C)C(=O)C(C)CN2. The minimum Gasteiger partial charge on any atom is -0.383 e.